The lowest BCUT2D eigenvalue weighted by atomic mass is 10.2. The van der Waals surface area contributed by atoms with Gasteiger partial charge in [0.1, 0.15) is 17.3 Å². The van der Waals surface area contributed by atoms with Crippen molar-refractivity contribution in [2.75, 3.05) is 7.11 Å². The van der Waals surface area contributed by atoms with Gasteiger partial charge in [-0.05, 0) is 13.0 Å². The molecule has 0 spiro atoms. The number of esters is 1. The number of hydrogen-bond acceptors (Lipinski definition) is 6. The van der Waals surface area contributed by atoms with Gasteiger partial charge in [0, 0.05) is 19.2 Å². The molecule has 8 nitrogen and oxygen atoms in total. The zero-order valence-electron chi connectivity index (χ0n) is 15.7. The molecule has 1 heterocycles. The molecule has 30 heavy (non-hydrogen) atoms. The van der Waals surface area contributed by atoms with Crippen molar-refractivity contribution in [3.63, 3.8) is 0 Å². The van der Waals surface area contributed by atoms with Crippen molar-refractivity contribution in [2.45, 2.75) is 25.3 Å². The number of halogens is 5. The molecule has 0 saturated carbocycles. The van der Waals surface area contributed by atoms with Gasteiger partial charge in [-0.15, -0.1) is 0 Å². The number of aliphatic hydroxyl groups is 1. The van der Waals surface area contributed by atoms with Gasteiger partial charge in [0.2, 0.25) is 6.10 Å². The number of carbonyl (C=O) groups is 1. The number of nitrogens with zero attached hydrogens (tertiary/aromatic N) is 2. The Bertz CT molecular complexity index is 1090. The predicted octanol–water partition coefficient (Wildman–Crippen LogP) is 1.65. The molecule has 2 unspecified atom stereocenters. The number of benzene rings is 1. The zero-order chi connectivity index (χ0) is 23.0. The van der Waals surface area contributed by atoms with Crippen molar-refractivity contribution in [1.82, 2.24) is 9.13 Å². The first-order valence-electron chi connectivity index (χ1n) is 8.11. The highest BCUT2D eigenvalue weighted by Gasteiger charge is 2.35. The minimum Gasteiger partial charge on any atom is -0.474 e. The van der Waals surface area contributed by atoms with E-state index < -0.39 is 63.6 Å². The van der Waals surface area contributed by atoms with Crippen LogP contribution in [-0.4, -0.2) is 39.5 Å². The maximum atomic E-state index is 14.5. The Balaban J connectivity index is 2.69. The summed E-state index contributed by atoms with van der Waals surface area (Å²) in [5.41, 5.74) is -5.25. The summed E-state index contributed by atoms with van der Waals surface area (Å²) in [7, 11) is 1.78. The molecule has 1 aromatic heterocycles. The molecule has 0 aliphatic rings. The van der Waals surface area contributed by atoms with Gasteiger partial charge in [-0.3, -0.25) is 9.36 Å². The number of aliphatic hydroxyl groups excluding tert-OH is 1. The van der Waals surface area contributed by atoms with E-state index in [1.165, 1.54) is 6.92 Å². The van der Waals surface area contributed by atoms with E-state index in [1.807, 2.05) is 0 Å². The molecule has 0 aliphatic heterocycles. The molecule has 164 valence electrons. The van der Waals surface area contributed by atoms with Crippen molar-refractivity contribution in [1.29, 1.82) is 0 Å². The molecule has 0 bridgehead atoms. The van der Waals surface area contributed by atoms with Crippen molar-refractivity contribution in [3.05, 3.63) is 55.6 Å². The first-order chi connectivity index (χ1) is 13.8. The van der Waals surface area contributed by atoms with E-state index in [9.17, 15) is 37.1 Å². The average Bonchev–Trinajstić information content (AvgIpc) is 2.63. The fourth-order valence-electron chi connectivity index (χ4n) is 2.50. The van der Waals surface area contributed by atoms with Crippen LogP contribution in [0.2, 0.25) is 5.02 Å². The maximum absolute atomic E-state index is 14.5. The summed E-state index contributed by atoms with van der Waals surface area (Å²) in [6, 6.07) is 1.50. The molecule has 0 saturated heterocycles. The zero-order valence-corrected chi connectivity index (χ0v) is 16.4. The number of ether oxygens (including phenoxy) is 2. The minimum absolute atomic E-state index is 0.128. The van der Waals surface area contributed by atoms with Gasteiger partial charge in [0.15, 0.2) is 0 Å². The van der Waals surface area contributed by atoms with Crippen LogP contribution in [0.3, 0.4) is 0 Å². The lowest BCUT2D eigenvalue weighted by molar-refractivity contribution is -0.153. The lowest BCUT2D eigenvalue weighted by Crippen LogP contribution is -2.41. The van der Waals surface area contributed by atoms with Gasteiger partial charge < -0.3 is 14.6 Å². The highest BCUT2D eigenvalue weighted by molar-refractivity contribution is 6.32. The number of aromatic nitrogens is 2. The molecule has 13 heteroatoms. The number of carbonyl (C=O) groups excluding carboxylic acids is 1. The summed E-state index contributed by atoms with van der Waals surface area (Å²) in [6.07, 6.45) is -7.99. The summed E-state index contributed by atoms with van der Waals surface area (Å²) >= 11 is 5.86. The van der Waals surface area contributed by atoms with Gasteiger partial charge in [-0.2, -0.15) is 13.2 Å². The van der Waals surface area contributed by atoms with Crippen LogP contribution >= 0.6 is 11.6 Å². The van der Waals surface area contributed by atoms with Crippen molar-refractivity contribution in [2.24, 2.45) is 7.05 Å². The van der Waals surface area contributed by atoms with Gasteiger partial charge in [-0.25, -0.2) is 18.5 Å². The second-order valence-electron chi connectivity index (χ2n) is 6.08. The second kappa shape index (κ2) is 8.48. The van der Waals surface area contributed by atoms with Gasteiger partial charge in [-0.1, -0.05) is 11.6 Å². The number of alkyl halides is 3. The summed E-state index contributed by atoms with van der Waals surface area (Å²) in [6.45, 7) is 1.19. The fraction of sp³-hybridized carbons (Fsp3) is 0.353. The monoisotopic (exact) mass is 454 g/mol. The Kier molecular flexibility index (Phi) is 6.62. The highest BCUT2D eigenvalue weighted by Crippen LogP contribution is 2.31. The summed E-state index contributed by atoms with van der Waals surface area (Å²) < 4.78 is 63.4. The average molecular weight is 455 g/mol. The Morgan fingerprint density at radius 1 is 1.23 bits per heavy atom. The normalized spacial score (nSPS) is 13.6. The summed E-state index contributed by atoms with van der Waals surface area (Å²) in [5, 5.41) is 9.28. The second-order valence-corrected chi connectivity index (χ2v) is 6.49. The number of rotatable bonds is 5. The van der Waals surface area contributed by atoms with Crippen LogP contribution in [0.25, 0.3) is 5.69 Å². The van der Waals surface area contributed by atoms with Crippen LogP contribution in [0, 0.1) is 5.82 Å². The quantitative estimate of drug-likeness (QED) is 0.545. The van der Waals surface area contributed by atoms with Crippen molar-refractivity contribution in [3.8, 4) is 11.4 Å². The SMILES string of the molecule is COC(=O)C(Oc1cc(-n2c(=O)cc(C(F)(F)F)n(C)c2=O)c(F)cc1Cl)C(C)O. The molecule has 1 N–H and O–H groups in total. The maximum Gasteiger partial charge on any atom is 0.431 e. The number of hydrogen-bond donors (Lipinski definition) is 1. The van der Waals surface area contributed by atoms with E-state index in [0.717, 1.165) is 20.2 Å². The smallest absolute Gasteiger partial charge is 0.431 e. The van der Waals surface area contributed by atoms with Crippen LogP contribution < -0.4 is 16.0 Å². The fourth-order valence-corrected chi connectivity index (χ4v) is 2.69. The Morgan fingerprint density at radius 2 is 1.83 bits per heavy atom. The summed E-state index contributed by atoms with van der Waals surface area (Å²) in [4.78, 5) is 36.3. The molecule has 0 fully saturated rings. The van der Waals surface area contributed by atoms with Crippen molar-refractivity contribution >= 4 is 17.6 Å². The largest absolute Gasteiger partial charge is 0.474 e. The molecular weight excluding hydrogens is 440 g/mol. The third-order valence-corrected chi connectivity index (χ3v) is 4.27. The molecule has 0 amide bonds. The van der Waals surface area contributed by atoms with Gasteiger partial charge >= 0.3 is 17.8 Å². The first kappa shape index (κ1) is 23.4. The van der Waals surface area contributed by atoms with Crippen LogP contribution in [0.4, 0.5) is 17.6 Å². The van der Waals surface area contributed by atoms with E-state index in [0.29, 0.717) is 6.07 Å². The molecule has 2 rings (SSSR count). The van der Waals surface area contributed by atoms with Gasteiger partial charge in [0.05, 0.1) is 23.9 Å². The van der Waals surface area contributed by atoms with Gasteiger partial charge in [0.25, 0.3) is 5.56 Å². The van der Waals surface area contributed by atoms with Crippen LogP contribution in [0.5, 0.6) is 5.75 Å². The van der Waals surface area contributed by atoms with E-state index >= 15 is 0 Å². The van der Waals surface area contributed by atoms with E-state index in [2.05, 4.69) is 4.74 Å². The van der Waals surface area contributed by atoms with Crippen LogP contribution in [0.15, 0.2) is 27.8 Å². The van der Waals surface area contributed by atoms with Crippen LogP contribution in [-0.2, 0) is 22.8 Å². The highest BCUT2D eigenvalue weighted by atomic mass is 35.5. The molecule has 0 aliphatic carbocycles. The van der Waals surface area contributed by atoms with Crippen molar-refractivity contribution < 1.29 is 36.9 Å². The molecule has 1 aromatic carbocycles. The predicted molar refractivity (Wildman–Crippen MR) is 95.4 cm³/mol. The molecule has 2 atom stereocenters. The minimum atomic E-state index is -5.00. The Morgan fingerprint density at radius 3 is 2.33 bits per heavy atom. The molecular formula is C17H15ClF4N2O6. The standard InChI is InChI=1S/C17H15ClF4N2O6/c1-7(25)14(15(27)29-3)30-11-5-10(9(19)4-8(11)18)24-13(26)6-12(17(20,21)22)23(2)16(24)28/h4-7,14,25H,1-3H3. The van der Waals surface area contributed by atoms with Crippen LogP contribution in [0.1, 0.15) is 12.6 Å². The third-order valence-electron chi connectivity index (χ3n) is 3.98. The van der Waals surface area contributed by atoms with E-state index in [4.69, 9.17) is 16.3 Å². The molecule has 0 radical (unpaired) electrons. The van der Waals surface area contributed by atoms with E-state index in [-0.39, 0.29) is 15.2 Å². The van der Waals surface area contributed by atoms with E-state index in [1.54, 1.807) is 0 Å². The Labute approximate surface area is 170 Å². The lowest BCUT2D eigenvalue weighted by Gasteiger charge is -2.21. The number of methoxy groups -OCH3 is 1. The summed E-state index contributed by atoms with van der Waals surface area (Å²) in [5.74, 6) is -2.66. The molecule has 2 aromatic rings. The third kappa shape index (κ3) is 4.49. The Hall–Kier alpha value is -2.86. The first-order valence-corrected chi connectivity index (χ1v) is 8.49. The topological polar surface area (TPSA) is 99.8 Å².